The van der Waals surface area contributed by atoms with Crippen molar-refractivity contribution in [3.63, 3.8) is 0 Å². The maximum Gasteiger partial charge on any atom is 0.229 e. The third-order valence-electron chi connectivity index (χ3n) is 2.54. The van der Waals surface area contributed by atoms with Crippen LogP contribution in [0.15, 0.2) is 17.1 Å². The lowest BCUT2D eigenvalue weighted by atomic mass is 10.1. The quantitative estimate of drug-likeness (QED) is 0.312. The molecule has 1 fully saturated rings. The molecule has 0 spiro atoms. The number of nitrogens with two attached hydrogens (primary N) is 1. The van der Waals surface area contributed by atoms with Crippen LogP contribution in [-0.4, -0.2) is 42.3 Å². The summed E-state index contributed by atoms with van der Waals surface area (Å²) in [7, 11) is 0. The number of likely N-dealkylation sites (tertiary alicyclic amines) is 1. The Balaban J connectivity index is 2.32. The number of aliphatic imine (C=N–C) groups is 1. The summed E-state index contributed by atoms with van der Waals surface area (Å²) in [6.45, 7) is 6.80. The number of hydrogen-bond acceptors (Lipinski definition) is 3. The molecule has 3 N–H and O–H groups in total. The van der Waals surface area contributed by atoms with Crippen molar-refractivity contribution < 1.29 is 9.59 Å². The van der Waals surface area contributed by atoms with Crippen molar-refractivity contribution in [1.82, 2.24) is 10.2 Å². The number of piperidine rings is 1. The number of amides is 2. The Morgan fingerprint density at radius 1 is 1.44 bits per heavy atom. The van der Waals surface area contributed by atoms with Gasteiger partial charge in [0, 0.05) is 25.9 Å². The minimum atomic E-state index is -0.106. The lowest BCUT2D eigenvalue weighted by Gasteiger charge is -2.24. The number of carbonyl (C=O) groups is 2. The molecule has 1 rings (SSSR count). The molecule has 1 saturated heterocycles. The molecule has 0 saturated carbocycles. The van der Waals surface area contributed by atoms with Crippen LogP contribution in [0.25, 0.3) is 0 Å². The molecule has 6 nitrogen and oxygen atoms in total. The number of nitrogens with one attached hydrogen (secondary N) is 1. The van der Waals surface area contributed by atoms with Crippen LogP contribution in [0, 0.1) is 0 Å². The lowest BCUT2D eigenvalue weighted by molar-refractivity contribution is -0.147. The van der Waals surface area contributed by atoms with Crippen LogP contribution in [0.4, 0.5) is 0 Å². The number of hydrogen-bond donors (Lipinski definition) is 2. The Labute approximate surface area is 107 Å². The summed E-state index contributed by atoms with van der Waals surface area (Å²) in [5.74, 6) is 0.0888. The molecule has 100 valence electrons. The van der Waals surface area contributed by atoms with Gasteiger partial charge in [0.05, 0.1) is 6.54 Å². The van der Waals surface area contributed by atoms with Crippen molar-refractivity contribution in [2.45, 2.75) is 26.2 Å². The summed E-state index contributed by atoms with van der Waals surface area (Å²) in [4.78, 5) is 28.3. The molecule has 1 aliphatic rings. The van der Waals surface area contributed by atoms with Gasteiger partial charge in [-0.05, 0) is 13.3 Å². The first-order valence-corrected chi connectivity index (χ1v) is 6.02. The Kier molecular flexibility index (Phi) is 5.35. The molecule has 0 aromatic carbocycles. The van der Waals surface area contributed by atoms with Gasteiger partial charge in [0.15, 0.2) is 5.96 Å². The van der Waals surface area contributed by atoms with Gasteiger partial charge in [-0.15, -0.1) is 0 Å². The zero-order valence-electron chi connectivity index (χ0n) is 10.7. The van der Waals surface area contributed by atoms with Gasteiger partial charge in [-0.1, -0.05) is 12.2 Å². The number of carbonyl (C=O) groups excluding carboxylic acids is 2. The number of guanidine groups is 1. The molecule has 0 unspecified atom stereocenters. The predicted octanol–water partition coefficient (Wildman–Crippen LogP) is 0.00590. The average molecular weight is 252 g/mol. The fourth-order valence-corrected chi connectivity index (χ4v) is 1.62. The highest BCUT2D eigenvalue weighted by molar-refractivity contribution is 5.97. The van der Waals surface area contributed by atoms with Crippen molar-refractivity contribution in [2.75, 3.05) is 19.6 Å². The van der Waals surface area contributed by atoms with Gasteiger partial charge < -0.3 is 11.1 Å². The second kappa shape index (κ2) is 6.78. The summed E-state index contributed by atoms with van der Waals surface area (Å²) in [6.07, 6.45) is 1.56. The van der Waals surface area contributed by atoms with Gasteiger partial charge in [0.1, 0.15) is 0 Å². The predicted molar refractivity (Wildman–Crippen MR) is 69.9 cm³/mol. The molecular formula is C12H20N4O2. The van der Waals surface area contributed by atoms with Crippen LogP contribution in [-0.2, 0) is 9.59 Å². The summed E-state index contributed by atoms with van der Waals surface area (Å²) < 4.78 is 0. The SMILES string of the molecule is C=C(C)CN=C(N)NCCN1C(=O)CCCC1=O. The minimum absolute atomic E-state index is 0.106. The van der Waals surface area contributed by atoms with E-state index in [1.165, 1.54) is 4.90 Å². The Hall–Kier alpha value is -1.85. The zero-order chi connectivity index (χ0) is 13.5. The topological polar surface area (TPSA) is 87.8 Å². The van der Waals surface area contributed by atoms with Gasteiger partial charge in [-0.2, -0.15) is 0 Å². The molecule has 1 aliphatic heterocycles. The third kappa shape index (κ3) is 4.57. The first-order valence-electron chi connectivity index (χ1n) is 6.02. The van der Waals surface area contributed by atoms with Crippen molar-refractivity contribution >= 4 is 17.8 Å². The number of rotatable bonds is 5. The fraction of sp³-hybridized carbons (Fsp3) is 0.583. The van der Waals surface area contributed by atoms with Gasteiger partial charge >= 0.3 is 0 Å². The lowest BCUT2D eigenvalue weighted by Crippen LogP contribution is -2.45. The average Bonchev–Trinajstić information content (AvgIpc) is 2.30. The van der Waals surface area contributed by atoms with E-state index < -0.39 is 0 Å². The monoisotopic (exact) mass is 252 g/mol. The second-order valence-electron chi connectivity index (χ2n) is 4.38. The smallest absolute Gasteiger partial charge is 0.229 e. The van der Waals surface area contributed by atoms with Crippen LogP contribution in [0.1, 0.15) is 26.2 Å². The van der Waals surface area contributed by atoms with Crippen LogP contribution in [0.2, 0.25) is 0 Å². The normalized spacial score (nSPS) is 16.9. The third-order valence-corrected chi connectivity index (χ3v) is 2.54. The Morgan fingerprint density at radius 3 is 2.61 bits per heavy atom. The van der Waals surface area contributed by atoms with Gasteiger partial charge in [-0.25, -0.2) is 4.99 Å². The molecule has 1 heterocycles. The van der Waals surface area contributed by atoms with Crippen LogP contribution in [0.3, 0.4) is 0 Å². The van der Waals surface area contributed by atoms with E-state index in [0.29, 0.717) is 44.9 Å². The molecular weight excluding hydrogens is 232 g/mol. The molecule has 6 heteroatoms. The highest BCUT2D eigenvalue weighted by atomic mass is 16.2. The van der Waals surface area contributed by atoms with Gasteiger partial charge in [0.25, 0.3) is 0 Å². The molecule has 0 bridgehead atoms. The largest absolute Gasteiger partial charge is 0.370 e. The van der Waals surface area contributed by atoms with E-state index in [4.69, 9.17) is 5.73 Å². The van der Waals surface area contributed by atoms with Crippen LogP contribution in [0.5, 0.6) is 0 Å². The second-order valence-corrected chi connectivity index (χ2v) is 4.38. The maximum atomic E-state index is 11.5. The fourth-order valence-electron chi connectivity index (χ4n) is 1.62. The van der Waals surface area contributed by atoms with Gasteiger partial charge in [-0.3, -0.25) is 14.5 Å². The Bertz CT molecular complexity index is 360. The summed E-state index contributed by atoms with van der Waals surface area (Å²) in [5.41, 5.74) is 6.53. The van der Waals surface area contributed by atoms with E-state index in [-0.39, 0.29) is 11.8 Å². The van der Waals surface area contributed by atoms with E-state index in [1.807, 2.05) is 6.92 Å². The maximum absolute atomic E-state index is 11.5. The zero-order valence-corrected chi connectivity index (χ0v) is 10.7. The standard InChI is InChI=1S/C12H20N4O2/c1-9(2)8-15-12(13)14-6-7-16-10(17)4-3-5-11(16)18/h1,3-8H2,2H3,(H3,13,14,15). The molecule has 2 amide bonds. The first-order chi connectivity index (χ1) is 8.50. The van der Waals surface area contributed by atoms with Crippen molar-refractivity contribution in [3.8, 4) is 0 Å². The minimum Gasteiger partial charge on any atom is -0.370 e. The van der Waals surface area contributed by atoms with E-state index in [2.05, 4.69) is 16.9 Å². The van der Waals surface area contributed by atoms with E-state index in [1.54, 1.807) is 0 Å². The highest BCUT2D eigenvalue weighted by Gasteiger charge is 2.24. The number of nitrogens with zero attached hydrogens (tertiary/aromatic N) is 2. The van der Waals surface area contributed by atoms with Gasteiger partial charge in [0.2, 0.25) is 11.8 Å². The van der Waals surface area contributed by atoms with E-state index >= 15 is 0 Å². The van der Waals surface area contributed by atoms with Crippen molar-refractivity contribution in [1.29, 1.82) is 0 Å². The van der Waals surface area contributed by atoms with Crippen molar-refractivity contribution in [3.05, 3.63) is 12.2 Å². The molecule has 0 atom stereocenters. The summed E-state index contributed by atoms with van der Waals surface area (Å²) >= 11 is 0. The number of imide groups is 1. The molecule has 0 aromatic heterocycles. The highest BCUT2D eigenvalue weighted by Crippen LogP contribution is 2.11. The molecule has 18 heavy (non-hydrogen) atoms. The molecule has 0 aromatic rings. The van der Waals surface area contributed by atoms with Crippen molar-refractivity contribution in [2.24, 2.45) is 10.7 Å². The van der Waals surface area contributed by atoms with Crippen LogP contribution < -0.4 is 11.1 Å². The van der Waals surface area contributed by atoms with E-state index in [0.717, 1.165) is 5.57 Å². The first kappa shape index (κ1) is 14.2. The molecule has 0 radical (unpaired) electrons. The van der Waals surface area contributed by atoms with Crippen LogP contribution >= 0.6 is 0 Å². The summed E-state index contributed by atoms with van der Waals surface area (Å²) in [6, 6.07) is 0. The summed E-state index contributed by atoms with van der Waals surface area (Å²) in [5, 5.41) is 2.87. The molecule has 0 aliphatic carbocycles. The Morgan fingerprint density at radius 2 is 2.06 bits per heavy atom. The van der Waals surface area contributed by atoms with E-state index in [9.17, 15) is 9.59 Å².